The van der Waals surface area contributed by atoms with Gasteiger partial charge in [-0.15, -0.1) is 0 Å². The van der Waals surface area contributed by atoms with Crippen molar-refractivity contribution >= 4 is 6.41 Å². The van der Waals surface area contributed by atoms with Gasteiger partial charge >= 0.3 is 0 Å². The van der Waals surface area contributed by atoms with Crippen LogP contribution in [0.25, 0.3) is 0 Å². The molecule has 0 bridgehead atoms. The number of carbonyl (C=O) groups is 1. The van der Waals surface area contributed by atoms with Crippen LogP contribution in [-0.2, 0) is 4.79 Å². The van der Waals surface area contributed by atoms with E-state index in [4.69, 9.17) is 11.7 Å². The van der Waals surface area contributed by atoms with Gasteiger partial charge in [0, 0.05) is 0 Å². The van der Waals surface area contributed by atoms with E-state index >= 15 is 0 Å². The van der Waals surface area contributed by atoms with Gasteiger partial charge in [0.2, 0.25) is 6.41 Å². The molecule has 1 amide bonds. The van der Waals surface area contributed by atoms with Crippen LogP contribution in [0.3, 0.4) is 0 Å². The minimum Gasteiger partial charge on any atom is -0.324 e. The number of carbonyl (C=O) groups excluding carboxylic acids is 1. The predicted molar refractivity (Wildman–Crippen MR) is 51.7 cm³/mol. The Morgan fingerprint density at radius 3 is 2.38 bits per heavy atom. The van der Waals surface area contributed by atoms with Crippen molar-refractivity contribution in [1.29, 1.82) is 0 Å². The van der Waals surface area contributed by atoms with Gasteiger partial charge in [-0.25, -0.2) is 5.84 Å². The van der Waals surface area contributed by atoms with E-state index < -0.39 is 0 Å². The molecule has 0 aliphatic rings. The van der Waals surface area contributed by atoms with Crippen LogP contribution in [0.2, 0.25) is 0 Å². The lowest BCUT2D eigenvalue weighted by Gasteiger charge is -2.13. The minimum absolute atomic E-state index is 0.235. The maximum absolute atomic E-state index is 10.2. The van der Waals surface area contributed by atoms with Crippen molar-refractivity contribution in [3.63, 3.8) is 0 Å². The smallest absolute Gasteiger partial charge is 0.223 e. The monoisotopic (exact) mass is 182 g/mol. The van der Waals surface area contributed by atoms with Gasteiger partial charge in [0.1, 0.15) is 0 Å². The van der Waals surface area contributed by atoms with Gasteiger partial charge in [-0.05, 0) is 11.6 Å². The molecule has 0 saturated carbocycles. The van der Waals surface area contributed by atoms with Crippen LogP contribution in [0, 0.1) is 0 Å². The molecular weight excluding hydrogens is 168 g/mol. The van der Waals surface area contributed by atoms with Gasteiger partial charge < -0.3 is 5.43 Å². The van der Waals surface area contributed by atoms with Gasteiger partial charge in [-0.2, -0.15) is 0 Å². The van der Waals surface area contributed by atoms with E-state index in [0.29, 0.717) is 17.7 Å². The van der Waals surface area contributed by atoms with Crippen LogP contribution < -0.4 is 17.1 Å². The Morgan fingerprint density at radius 2 is 2.08 bits per heavy atom. The highest BCUT2D eigenvalue weighted by atomic mass is 16.1. The quantitative estimate of drug-likeness (QED) is 0.168. The molecule has 0 radical (unpaired) electrons. The highest BCUT2D eigenvalue weighted by Crippen LogP contribution is 2.03. The van der Waals surface area contributed by atoms with Crippen LogP contribution >= 0.6 is 0 Å². The summed E-state index contributed by atoms with van der Waals surface area (Å²) in [5.41, 5.74) is 3.72. The van der Waals surface area contributed by atoms with Crippen LogP contribution in [0.4, 0.5) is 0 Å². The first-order valence-electron chi connectivity index (χ1n) is 3.60. The first kappa shape index (κ1) is 11.4. The number of nitrogens with two attached hydrogens (primary N) is 2. The van der Waals surface area contributed by atoms with Crippen LogP contribution in [-0.4, -0.2) is 18.0 Å². The zero-order valence-electron chi connectivity index (χ0n) is 7.36. The van der Waals surface area contributed by atoms with Crippen molar-refractivity contribution in [2.75, 3.05) is 6.54 Å². The third-order valence-corrected chi connectivity index (χ3v) is 1.44. The van der Waals surface area contributed by atoms with E-state index in [1.54, 1.807) is 6.08 Å². The van der Waals surface area contributed by atoms with Crippen LogP contribution in [0.1, 0.15) is 0 Å². The third-order valence-electron chi connectivity index (χ3n) is 1.44. The average Bonchev–Trinajstić information content (AvgIpc) is 2.17. The first-order valence-corrected chi connectivity index (χ1v) is 3.60. The number of amides is 1. The Hall–Kier alpha value is -1.59. The summed E-state index contributed by atoms with van der Waals surface area (Å²) in [6, 6.07) is 0. The molecular formula is C8H14N4O. The van der Waals surface area contributed by atoms with Gasteiger partial charge in [0.15, 0.2) is 0 Å². The molecule has 0 heterocycles. The summed E-state index contributed by atoms with van der Waals surface area (Å²) < 4.78 is 0. The maximum Gasteiger partial charge on any atom is 0.223 e. The van der Waals surface area contributed by atoms with E-state index in [9.17, 15) is 4.79 Å². The van der Waals surface area contributed by atoms with Crippen molar-refractivity contribution in [2.45, 2.75) is 0 Å². The van der Waals surface area contributed by atoms with Crippen molar-refractivity contribution in [2.24, 2.45) is 11.7 Å². The Labute approximate surface area is 77.3 Å². The van der Waals surface area contributed by atoms with E-state index in [1.807, 2.05) is 0 Å². The molecule has 0 aliphatic carbocycles. The molecule has 0 aromatic heterocycles. The summed E-state index contributed by atoms with van der Waals surface area (Å²) in [5, 5.41) is 0.984. The number of hydrogen-bond donors (Lipinski definition) is 3. The fourth-order valence-corrected chi connectivity index (χ4v) is 0.776. The zero-order valence-corrected chi connectivity index (χ0v) is 7.36. The second-order valence-corrected chi connectivity index (χ2v) is 2.27. The maximum atomic E-state index is 10.2. The van der Waals surface area contributed by atoms with E-state index in [-0.39, 0.29) is 6.54 Å². The number of hydrogen-bond acceptors (Lipinski definition) is 4. The molecule has 0 rings (SSSR count). The van der Waals surface area contributed by atoms with Gasteiger partial charge in [-0.3, -0.25) is 15.6 Å². The number of nitrogens with one attached hydrogen (secondary N) is 1. The van der Waals surface area contributed by atoms with Crippen molar-refractivity contribution in [3.8, 4) is 0 Å². The molecule has 0 aromatic carbocycles. The number of nitrogens with zero attached hydrogens (tertiary/aromatic N) is 1. The van der Waals surface area contributed by atoms with Gasteiger partial charge in [-0.1, -0.05) is 19.2 Å². The topological polar surface area (TPSA) is 84.4 Å². The molecule has 5 heteroatoms. The van der Waals surface area contributed by atoms with E-state index in [0.717, 1.165) is 5.01 Å². The SMILES string of the molecule is C=C/C(CN(N)C=O)=C(\C=C)NN. The normalized spacial score (nSPS) is 11.2. The summed E-state index contributed by atoms with van der Waals surface area (Å²) in [7, 11) is 0. The Balaban J connectivity index is 4.64. The highest BCUT2D eigenvalue weighted by Gasteiger charge is 2.02. The lowest BCUT2D eigenvalue weighted by atomic mass is 10.2. The van der Waals surface area contributed by atoms with Crippen molar-refractivity contribution in [3.05, 3.63) is 36.6 Å². The predicted octanol–water partition coefficient (Wildman–Crippen LogP) is -0.592. The fourth-order valence-electron chi connectivity index (χ4n) is 0.776. The average molecular weight is 182 g/mol. The standard InChI is InChI=1S/C8H14N4O/c1-3-7(5-12(10)6-13)8(4-2)11-9/h3-4,6,11H,1-2,5,9-10H2/b8-7-. The molecule has 13 heavy (non-hydrogen) atoms. The summed E-state index contributed by atoms with van der Waals surface area (Å²) >= 11 is 0. The second-order valence-electron chi connectivity index (χ2n) is 2.27. The first-order chi connectivity index (χ1) is 6.19. The number of hydrazine groups is 2. The minimum atomic E-state index is 0.235. The van der Waals surface area contributed by atoms with Crippen LogP contribution in [0.5, 0.6) is 0 Å². The molecule has 5 N–H and O–H groups in total. The lowest BCUT2D eigenvalue weighted by molar-refractivity contribution is -0.117. The lowest BCUT2D eigenvalue weighted by Crippen LogP contribution is -2.33. The van der Waals surface area contributed by atoms with E-state index in [1.165, 1.54) is 6.08 Å². The molecule has 0 saturated heterocycles. The summed E-state index contributed by atoms with van der Waals surface area (Å²) in [5.74, 6) is 10.5. The number of rotatable bonds is 6. The molecule has 0 spiro atoms. The van der Waals surface area contributed by atoms with E-state index in [2.05, 4.69) is 18.6 Å². The Kier molecular flexibility index (Phi) is 5.25. The zero-order chi connectivity index (χ0) is 10.3. The van der Waals surface area contributed by atoms with Crippen LogP contribution in [0.15, 0.2) is 36.6 Å². The molecule has 0 unspecified atom stereocenters. The van der Waals surface area contributed by atoms with Crippen molar-refractivity contribution < 1.29 is 4.79 Å². The van der Waals surface area contributed by atoms with Gasteiger partial charge in [0.25, 0.3) is 0 Å². The molecule has 0 fully saturated rings. The molecule has 0 aromatic rings. The second kappa shape index (κ2) is 5.99. The molecule has 0 aliphatic heterocycles. The Bertz CT molecular complexity index is 234. The largest absolute Gasteiger partial charge is 0.324 e. The van der Waals surface area contributed by atoms with Crippen molar-refractivity contribution in [1.82, 2.24) is 10.4 Å². The molecule has 72 valence electrons. The Morgan fingerprint density at radius 1 is 1.46 bits per heavy atom. The third kappa shape index (κ3) is 3.55. The summed E-state index contributed by atoms with van der Waals surface area (Å²) in [6.45, 7) is 7.34. The fraction of sp³-hybridized carbons (Fsp3) is 0.125. The van der Waals surface area contributed by atoms with Gasteiger partial charge in [0.05, 0.1) is 12.2 Å². The number of allylic oxidation sites excluding steroid dienone is 1. The summed E-state index contributed by atoms with van der Waals surface area (Å²) in [6.07, 6.45) is 3.59. The molecule has 0 atom stereocenters. The highest BCUT2D eigenvalue weighted by molar-refractivity contribution is 5.47. The summed E-state index contributed by atoms with van der Waals surface area (Å²) in [4.78, 5) is 10.2. The molecule has 5 nitrogen and oxygen atoms in total.